The third-order valence-corrected chi connectivity index (χ3v) is 3.41. The largest absolute Gasteiger partial charge is 0.352 e. The number of carbonyl (C=O) groups is 1. The van der Waals surface area contributed by atoms with E-state index in [-0.39, 0.29) is 5.91 Å². The number of rotatable bonds is 6. The summed E-state index contributed by atoms with van der Waals surface area (Å²) in [5, 5.41) is 2.94. The molecular weight excluding hydrogens is 250 g/mol. The molecule has 0 aliphatic carbocycles. The normalized spacial score (nSPS) is 10.5. The Hall–Kier alpha value is -2.10. The van der Waals surface area contributed by atoms with Crippen molar-refractivity contribution in [2.24, 2.45) is 7.05 Å². The predicted molar refractivity (Wildman–Crippen MR) is 79.7 cm³/mol. The second-order valence-electron chi connectivity index (χ2n) is 4.86. The zero-order valence-electron chi connectivity index (χ0n) is 12.1. The van der Waals surface area contributed by atoms with Crippen LogP contribution in [0, 0.1) is 0 Å². The first-order chi connectivity index (χ1) is 9.70. The summed E-state index contributed by atoms with van der Waals surface area (Å²) in [5.41, 5.74) is 1.97. The Labute approximate surface area is 119 Å². The van der Waals surface area contributed by atoms with E-state index >= 15 is 0 Å². The first-order valence-electron chi connectivity index (χ1n) is 7.04. The molecule has 20 heavy (non-hydrogen) atoms. The Balaban J connectivity index is 1.76. The summed E-state index contributed by atoms with van der Waals surface area (Å²) >= 11 is 0. The number of benzene rings is 1. The van der Waals surface area contributed by atoms with Gasteiger partial charge in [-0.25, -0.2) is 4.98 Å². The van der Waals surface area contributed by atoms with Crippen LogP contribution in [-0.4, -0.2) is 22.0 Å². The van der Waals surface area contributed by atoms with Crippen molar-refractivity contribution in [1.29, 1.82) is 0 Å². The minimum atomic E-state index is -0.00695. The van der Waals surface area contributed by atoms with E-state index in [0.29, 0.717) is 6.54 Å². The second kappa shape index (κ2) is 6.89. The highest BCUT2D eigenvalue weighted by atomic mass is 16.1. The summed E-state index contributed by atoms with van der Waals surface area (Å²) in [6.45, 7) is 2.77. The van der Waals surface area contributed by atoms with Crippen LogP contribution in [0.3, 0.4) is 0 Å². The van der Waals surface area contributed by atoms with Gasteiger partial charge >= 0.3 is 0 Å². The fraction of sp³-hybridized carbons (Fsp3) is 0.375. The van der Waals surface area contributed by atoms with Crippen LogP contribution in [0.5, 0.6) is 0 Å². The lowest BCUT2D eigenvalue weighted by molar-refractivity contribution is 0.0953. The first-order valence-corrected chi connectivity index (χ1v) is 7.04. The van der Waals surface area contributed by atoms with Crippen LogP contribution in [0.2, 0.25) is 0 Å². The van der Waals surface area contributed by atoms with Gasteiger partial charge in [0, 0.05) is 38.0 Å². The van der Waals surface area contributed by atoms with Crippen molar-refractivity contribution in [2.45, 2.75) is 26.2 Å². The average molecular weight is 271 g/mol. The number of imidazole rings is 1. The van der Waals surface area contributed by atoms with Crippen molar-refractivity contribution in [3.63, 3.8) is 0 Å². The fourth-order valence-corrected chi connectivity index (χ4v) is 2.08. The Morgan fingerprint density at radius 2 is 2.05 bits per heavy atom. The van der Waals surface area contributed by atoms with Crippen LogP contribution >= 0.6 is 0 Å². The van der Waals surface area contributed by atoms with E-state index in [1.807, 2.05) is 42.1 Å². The maximum Gasteiger partial charge on any atom is 0.251 e. The minimum absolute atomic E-state index is 0.00695. The lowest BCUT2D eigenvalue weighted by atomic mass is 10.1. The quantitative estimate of drug-likeness (QED) is 0.820. The van der Waals surface area contributed by atoms with Gasteiger partial charge in [-0.1, -0.05) is 19.1 Å². The summed E-state index contributed by atoms with van der Waals surface area (Å²) in [7, 11) is 1.98. The average Bonchev–Trinajstić information content (AvgIpc) is 2.89. The molecule has 2 aromatic rings. The molecule has 0 aliphatic heterocycles. The van der Waals surface area contributed by atoms with E-state index in [4.69, 9.17) is 0 Å². The molecule has 4 heteroatoms. The SMILES string of the molecule is CCc1ccc(C(=O)NCCCc2nccn2C)cc1. The molecule has 0 bridgehead atoms. The molecule has 2 rings (SSSR count). The van der Waals surface area contributed by atoms with E-state index in [9.17, 15) is 4.79 Å². The van der Waals surface area contributed by atoms with E-state index in [0.717, 1.165) is 30.7 Å². The standard InChI is InChI=1S/C16H21N3O/c1-3-13-6-8-14(9-7-13)16(20)18-10-4-5-15-17-11-12-19(15)2/h6-9,11-12H,3-5,10H2,1-2H3,(H,18,20). The lowest BCUT2D eigenvalue weighted by Gasteiger charge is -2.06. The number of aryl methyl sites for hydroxylation is 3. The van der Waals surface area contributed by atoms with Gasteiger partial charge in [-0.2, -0.15) is 0 Å². The maximum absolute atomic E-state index is 11.9. The molecule has 0 radical (unpaired) electrons. The molecule has 0 atom stereocenters. The van der Waals surface area contributed by atoms with Crippen molar-refractivity contribution in [1.82, 2.24) is 14.9 Å². The van der Waals surface area contributed by atoms with Crippen molar-refractivity contribution in [2.75, 3.05) is 6.54 Å². The number of hydrogen-bond acceptors (Lipinski definition) is 2. The van der Waals surface area contributed by atoms with E-state index in [1.54, 1.807) is 6.20 Å². The Morgan fingerprint density at radius 3 is 2.65 bits per heavy atom. The van der Waals surface area contributed by atoms with Crippen molar-refractivity contribution in [3.8, 4) is 0 Å². The molecule has 0 aliphatic rings. The topological polar surface area (TPSA) is 46.9 Å². The number of amides is 1. The molecule has 1 N–H and O–H groups in total. The van der Waals surface area contributed by atoms with Gasteiger partial charge < -0.3 is 9.88 Å². The smallest absolute Gasteiger partial charge is 0.251 e. The monoisotopic (exact) mass is 271 g/mol. The number of hydrogen-bond donors (Lipinski definition) is 1. The molecular formula is C16H21N3O. The molecule has 1 heterocycles. The summed E-state index contributed by atoms with van der Waals surface area (Å²) in [5.74, 6) is 1.04. The van der Waals surface area contributed by atoms with Gasteiger partial charge in [0.1, 0.15) is 5.82 Å². The highest BCUT2D eigenvalue weighted by Crippen LogP contribution is 2.05. The molecule has 1 amide bonds. The number of nitrogens with zero attached hydrogens (tertiary/aromatic N) is 2. The van der Waals surface area contributed by atoms with Gasteiger partial charge in [0.05, 0.1) is 0 Å². The van der Waals surface area contributed by atoms with Gasteiger partial charge in [0.2, 0.25) is 0 Å². The van der Waals surface area contributed by atoms with Gasteiger partial charge in [-0.05, 0) is 30.5 Å². The highest BCUT2D eigenvalue weighted by Gasteiger charge is 2.05. The Bertz CT molecular complexity index is 557. The van der Waals surface area contributed by atoms with Crippen LogP contribution in [0.1, 0.15) is 35.1 Å². The highest BCUT2D eigenvalue weighted by molar-refractivity contribution is 5.94. The third kappa shape index (κ3) is 3.70. The summed E-state index contributed by atoms with van der Waals surface area (Å²) in [4.78, 5) is 16.2. The van der Waals surface area contributed by atoms with Crippen LogP contribution in [0.15, 0.2) is 36.7 Å². The Kier molecular flexibility index (Phi) is 4.93. The predicted octanol–water partition coefficient (Wildman–Crippen LogP) is 2.35. The van der Waals surface area contributed by atoms with Gasteiger partial charge in [0.25, 0.3) is 5.91 Å². The van der Waals surface area contributed by atoms with Crippen LogP contribution in [-0.2, 0) is 19.9 Å². The molecule has 106 valence electrons. The van der Waals surface area contributed by atoms with E-state index in [1.165, 1.54) is 5.56 Å². The van der Waals surface area contributed by atoms with Gasteiger partial charge in [-0.3, -0.25) is 4.79 Å². The molecule has 1 aromatic carbocycles. The molecule has 4 nitrogen and oxygen atoms in total. The van der Waals surface area contributed by atoms with Gasteiger partial charge in [0.15, 0.2) is 0 Å². The fourth-order valence-electron chi connectivity index (χ4n) is 2.08. The van der Waals surface area contributed by atoms with Crippen LogP contribution < -0.4 is 5.32 Å². The van der Waals surface area contributed by atoms with Gasteiger partial charge in [-0.15, -0.1) is 0 Å². The van der Waals surface area contributed by atoms with Crippen molar-refractivity contribution in [3.05, 3.63) is 53.6 Å². The van der Waals surface area contributed by atoms with Crippen LogP contribution in [0.25, 0.3) is 0 Å². The van der Waals surface area contributed by atoms with E-state index < -0.39 is 0 Å². The van der Waals surface area contributed by atoms with Crippen molar-refractivity contribution >= 4 is 5.91 Å². The lowest BCUT2D eigenvalue weighted by Crippen LogP contribution is -2.24. The summed E-state index contributed by atoms with van der Waals surface area (Å²) in [6, 6.07) is 7.77. The van der Waals surface area contributed by atoms with E-state index in [2.05, 4.69) is 17.2 Å². The summed E-state index contributed by atoms with van der Waals surface area (Å²) < 4.78 is 2.01. The zero-order valence-corrected chi connectivity index (χ0v) is 12.1. The second-order valence-corrected chi connectivity index (χ2v) is 4.86. The molecule has 0 fully saturated rings. The molecule has 0 saturated heterocycles. The molecule has 0 spiro atoms. The number of aromatic nitrogens is 2. The zero-order chi connectivity index (χ0) is 14.4. The molecule has 1 aromatic heterocycles. The van der Waals surface area contributed by atoms with Crippen molar-refractivity contribution < 1.29 is 4.79 Å². The number of nitrogens with one attached hydrogen (secondary N) is 1. The van der Waals surface area contributed by atoms with Crippen LogP contribution in [0.4, 0.5) is 0 Å². The first kappa shape index (κ1) is 14.3. The molecule has 0 saturated carbocycles. The maximum atomic E-state index is 11.9. The number of carbonyl (C=O) groups excluding carboxylic acids is 1. The minimum Gasteiger partial charge on any atom is -0.352 e. The summed E-state index contributed by atoms with van der Waals surface area (Å²) in [6.07, 6.45) is 6.49. The molecule has 0 unspecified atom stereocenters. The Morgan fingerprint density at radius 1 is 1.30 bits per heavy atom. The third-order valence-electron chi connectivity index (χ3n) is 3.41.